The Labute approximate surface area is 212 Å². The van der Waals surface area contributed by atoms with Crippen molar-refractivity contribution in [3.05, 3.63) is 57.5 Å². The Morgan fingerprint density at radius 3 is 2.82 bits per heavy atom. The Morgan fingerprint density at radius 1 is 1.06 bits per heavy atom. The van der Waals surface area contributed by atoms with Gasteiger partial charge < -0.3 is 25.1 Å². The fraction of sp³-hybridized carbons (Fsp3) is 0.346. The number of fused-ring (bicyclic) bond motifs is 2. The minimum atomic E-state index is -0.0594. The first kappa shape index (κ1) is 23.4. The Kier molecular flexibility index (Phi) is 6.97. The number of hydrogen-bond donors (Lipinski definition) is 3. The number of carbonyl (C=O) groups is 1. The molecule has 178 valence electrons. The van der Waals surface area contributed by atoms with Crippen LogP contribution in [0.1, 0.15) is 23.2 Å². The smallest absolute Gasteiger partial charge is 0.254 e. The topological polar surface area (TPSA) is 67.2 Å². The van der Waals surface area contributed by atoms with E-state index in [0.717, 1.165) is 76.8 Å². The van der Waals surface area contributed by atoms with E-state index >= 15 is 0 Å². The molecule has 5 rings (SSSR count). The van der Waals surface area contributed by atoms with Crippen molar-refractivity contribution in [2.45, 2.75) is 12.8 Å². The molecule has 1 aliphatic rings. The second-order valence-corrected chi connectivity index (χ2v) is 10.4. The van der Waals surface area contributed by atoms with Gasteiger partial charge in [-0.2, -0.15) is 0 Å². The molecule has 4 aromatic rings. The number of aromatic amines is 2. The van der Waals surface area contributed by atoms with E-state index in [4.69, 9.17) is 11.6 Å². The van der Waals surface area contributed by atoms with Gasteiger partial charge in [-0.15, -0.1) is 0 Å². The molecule has 1 amide bonds. The largest absolute Gasteiger partial charge is 0.353 e. The molecular weight excluding hydrogens is 514 g/mol. The summed E-state index contributed by atoms with van der Waals surface area (Å²) in [6, 6.07) is 13.7. The van der Waals surface area contributed by atoms with Gasteiger partial charge in [0.1, 0.15) is 0 Å². The van der Waals surface area contributed by atoms with Crippen molar-refractivity contribution in [3.63, 3.8) is 0 Å². The molecule has 8 heteroatoms. The third-order valence-corrected chi connectivity index (χ3v) is 7.32. The van der Waals surface area contributed by atoms with Crippen LogP contribution in [0.2, 0.25) is 5.02 Å². The quantitative estimate of drug-likeness (QED) is 0.282. The summed E-state index contributed by atoms with van der Waals surface area (Å²) in [6.45, 7) is 6.14. The molecule has 1 saturated heterocycles. The molecule has 0 aliphatic carbocycles. The van der Waals surface area contributed by atoms with Crippen molar-refractivity contribution in [1.29, 1.82) is 0 Å². The third-order valence-electron chi connectivity index (χ3n) is 6.59. The van der Waals surface area contributed by atoms with Crippen LogP contribution in [0.25, 0.3) is 33.2 Å². The van der Waals surface area contributed by atoms with E-state index in [1.54, 1.807) is 0 Å². The van der Waals surface area contributed by atoms with Gasteiger partial charge in [0, 0.05) is 50.9 Å². The predicted molar refractivity (Wildman–Crippen MR) is 144 cm³/mol. The van der Waals surface area contributed by atoms with Crippen LogP contribution in [0, 0.1) is 0 Å². The van der Waals surface area contributed by atoms with E-state index in [9.17, 15) is 4.79 Å². The highest BCUT2D eigenvalue weighted by Gasteiger charge is 2.21. The summed E-state index contributed by atoms with van der Waals surface area (Å²) in [5.74, 6) is -0.0594. The first-order chi connectivity index (χ1) is 16.5. The number of likely N-dealkylation sites (N-methyl/N-ethyl adjacent to an activating group) is 1. The van der Waals surface area contributed by atoms with Crippen molar-refractivity contribution in [1.82, 2.24) is 25.1 Å². The van der Waals surface area contributed by atoms with Gasteiger partial charge in [-0.05, 0) is 75.9 Å². The molecule has 34 heavy (non-hydrogen) atoms. The lowest BCUT2D eigenvalue weighted by Crippen LogP contribution is -2.32. The number of halogens is 2. The Hall–Kier alpha value is -2.32. The van der Waals surface area contributed by atoms with Gasteiger partial charge in [0.05, 0.1) is 17.0 Å². The van der Waals surface area contributed by atoms with Gasteiger partial charge in [-0.25, -0.2) is 0 Å². The number of H-pyrrole nitrogens is 2. The summed E-state index contributed by atoms with van der Waals surface area (Å²) in [6.07, 6.45) is 2.14. The number of nitrogens with zero attached hydrogens (tertiary/aromatic N) is 2. The minimum Gasteiger partial charge on any atom is -0.353 e. The Balaban J connectivity index is 1.36. The molecule has 0 saturated carbocycles. The molecule has 0 unspecified atom stereocenters. The minimum absolute atomic E-state index is 0.0594. The van der Waals surface area contributed by atoms with Crippen LogP contribution < -0.4 is 5.32 Å². The SMILES string of the molecule is CN1CCCN(CCCNC(=O)c2c(-c3cc4cc(Cl)ccc4[nH]3)[nH]c3cc(Br)ccc23)CC1. The molecule has 6 nitrogen and oxygen atoms in total. The maximum atomic E-state index is 13.4. The lowest BCUT2D eigenvalue weighted by molar-refractivity contribution is 0.0954. The van der Waals surface area contributed by atoms with E-state index in [2.05, 4.69) is 48.1 Å². The van der Waals surface area contributed by atoms with Crippen LogP contribution in [0.3, 0.4) is 0 Å². The number of aromatic nitrogens is 2. The maximum Gasteiger partial charge on any atom is 0.254 e. The fourth-order valence-electron chi connectivity index (χ4n) is 4.76. The third kappa shape index (κ3) is 5.03. The summed E-state index contributed by atoms with van der Waals surface area (Å²) >= 11 is 9.73. The number of amides is 1. The zero-order valence-electron chi connectivity index (χ0n) is 19.3. The first-order valence-electron chi connectivity index (χ1n) is 11.8. The summed E-state index contributed by atoms with van der Waals surface area (Å²) in [5.41, 5.74) is 4.21. The molecule has 1 fully saturated rings. The van der Waals surface area contributed by atoms with E-state index in [-0.39, 0.29) is 5.91 Å². The van der Waals surface area contributed by atoms with Crippen molar-refractivity contribution in [2.24, 2.45) is 0 Å². The number of hydrogen-bond acceptors (Lipinski definition) is 3. The monoisotopic (exact) mass is 541 g/mol. The summed E-state index contributed by atoms with van der Waals surface area (Å²) in [7, 11) is 2.18. The molecule has 0 spiro atoms. The van der Waals surface area contributed by atoms with Gasteiger partial charge in [0.25, 0.3) is 5.91 Å². The van der Waals surface area contributed by atoms with Crippen LogP contribution in [0.4, 0.5) is 0 Å². The molecule has 0 radical (unpaired) electrons. The van der Waals surface area contributed by atoms with Crippen molar-refractivity contribution in [3.8, 4) is 11.4 Å². The highest BCUT2D eigenvalue weighted by molar-refractivity contribution is 9.10. The average Bonchev–Trinajstić information content (AvgIpc) is 3.33. The van der Waals surface area contributed by atoms with Gasteiger partial charge >= 0.3 is 0 Å². The van der Waals surface area contributed by atoms with Gasteiger partial charge in [0.2, 0.25) is 0 Å². The van der Waals surface area contributed by atoms with Crippen LogP contribution in [-0.2, 0) is 0 Å². The van der Waals surface area contributed by atoms with Crippen LogP contribution in [-0.4, -0.2) is 72.0 Å². The number of carbonyl (C=O) groups excluding carboxylic acids is 1. The van der Waals surface area contributed by atoms with E-state index in [1.807, 2.05) is 42.5 Å². The molecule has 2 aromatic heterocycles. The summed E-state index contributed by atoms with van der Waals surface area (Å²) < 4.78 is 0.964. The molecular formula is C26H29BrClN5O. The van der Waals surface area contributed by atoms with Crippen molar-refractivity contribution in [2.75, 3.05) is 46.3 Å². The zero-order chi connectivity index (χ0) is 23.7. The number of benzene rings is 2. The molecule has 0 bridgehead atoms. The van der Waals surface area contributed by atoms with Crippen molar-refractivity contribution < 1.29 is 4.79 Å². The number of nitrogens with one attached hydrogen (secondary N) is 3. The second kappa shape index (κ2) is 10.1. The summed E-state index contributed by atoms with van der Waals surface area (Å²) in [4.78, 5) is 25.2. The fourth-order valence-corrected chi connectivity index (χ4v) is 5.30. The van der Waals surface area contributed by atoms with Gasteiger partial charge in [0.15, 0.2) is 0 Å². The van der Waals surface area contributed by atoms with E-state index in [1.165, 1.54) is 6.42 Å². The zero-order valence-corrected chi connectivity index (χ0v) is 21.6. The van der Waals surface area contributed by atoms with E-state index < -0.39 is 0 Å². The highest BCUT2D eigenvalue weighted by Crippen LogP contribution is 2.33. The Bertz CT molecular complexity index is 1330. The van der Waals surface area contributed by atoms with Crippen LogP contribution >= 0.6 is 27.5 Å². The van der Waals surface area contributed by atoms with Crippen molar-refractivity contribution >= 4 is 55.2 Å². The highest BCUT2D eigenvalue weighted by atomic mass is 79.9. The van der Waals surface area contributed by atoms with Crippen LogP contribution in [0.5, 0.6) is 0 Å². The lowest BCUT2D eigenvalue weighted by Gasteiger charge is -2.20. The van der Waals surface area contributed by atoms with Crippen LogP contribution in [0.15, 0.2) is 46.9 Å². The normalized spacial score (nSPS) is 15.7. The van der Waals surface area contributed by atoms with E-state index in [0.29, 0.717) is 17.1 Å². The predicted octanol–water partition coefficient (Wildman–Crippen LogP) is 5.49. The molecule has 1 aliphatic heterocycles. The summed E-state index contributed by atoms with van der Waals surface area (Å²) in [5, 5.41) is 5.77. The first-order valence-corrected chi connectivity index (χ1v) is 12.9. The van der Waals surface area contributed by atoms with Gasteiger partial charge in [-0.1, -0.05) is 33.6 Å². The number of rotatable bonds is 6. The lowest BCUT2D eigenvalue weighted by atomic mass is 10.1. The average molecular weight is 543 g/mol. The second-order valence-electron chi connectivity index (χ2n) is 9.09. The Morgan fingerprint density at radius 2 is 1.94 bits per heavy atom. The molecule has 2 aromatic carbocycles. The molecule has 3 heterocycles. The molecule has 0 atom stereocenters. The van der Waals surface area contributed by atoms with Gasteiger partial charge in [-0.3, -0.25) is 4.79 Å². The standard InChI is InChI=1S/C26H29BrClN5O/c1-32-9-3-11-33(13-12-32)10-2-8-29-26(34)24-20-6-4-18(27)16-22(20)31-25(24)23-15-17-14-19(28)5-7-21(17)30-23/h4-7,14-16,30-31H,2-3,8-13H2,1H3,(H,29,34). The molecule has 3 N–H and O–H groups in total. The maximum absolute atomic E-state index is 13.4.